The first-order valence-corrected chi connectivity index (χ1v) is 6.83. The van der Waals surface area contributed by atoms with Gasteiger partial charge >= 0.3 is 5.97 Å². The first-order valence-electron chi connectivity index (χ1n) is 6.45. The second-order valence-corrected chi connectivity index (χ2v) is 5.26. The van der Waals surface area contributed by atoms with Gasteiger partial charge in [0.05, 0.1) is 0 Å². The Morgan fingerprint density at radius 2 is 1.81 bits per heavy atom. The van der Waals surface area contributed by atoms with Crippen molar-refractivity contribution >= 4 is 23.5 Å². The third-order valence-corrected chi connectivity index (χ3v) is 3.96. The molecule has 0 spiro atoms. The topological polar surface area (TPSA) is 57.6 Å². The van der Waals surface area contributed by atoms with Crippen LogP contribution in [0.4, 0.5) is 0 Å². The van der Waals surface area contributed by atoms with Crippen LogP contribution in [0.2, 0.25) is 5.02 Å². The number of benzene rings is 2. The molecule has 2 aromatic carbocycles. The number of rotatable bonds is 3. The zero-order chi connectivity index (χ0) is 15.0. The smallest absolute Gasteiger partial charge is 0.331 e. The standard InChI is InChI=1S/C16H12ClNO3/c17-13-8-4-1-5-10(13)9-18-14(16(20)21)11-6-2-3-7-12(11)15(18)19/h1-8,14H,9H2,(H,20,21). The summed E-state index contributed by atoms with van der Waals surface area (Å²) in [5.41, 5.74) is 1.70. The van der Waals surface area contributed by atoms with Crippen LogP contribution < -0.4 is 0 Å². The summed E-state index contributed by atoms with van der Waals surface area (Å²) in [5.74, 6) is -1.32. The summed E-state index contributed by atoms with van der Waals surface area (Å²) < 4.78 is 0. The number of carboxylic acids is 1. The predicted octanol–water partition coefficient (Wildman–Crippen LogP) is 3.12. The quantitative estimate of drug-likeness (QED) is 0.947. The second kappa shape index (κ2) is 5.22. The summed E-state index contributed by atoms with van der Waals surface area (Å²) >= 11 is 6.10. The van der Waals surface area contributed by atoms with E-state index in [4.69, 9.17) is 11.6 Å². The zero-order valence-corrected chi connectivity index (χ0v) is 11.7. The molecule has 21 heavy (non-hydrogen) atoms. The lowest BCUT2D eigenvalue weighted by molar-refractivity contribution is -0.142. The van der Waals surface area contributed by atoms with Gasteiger partial charge in [0.2, 0.25) is 0 Å². The van der Waals surface area contributed by atoms with Crippen molar-refractivity contribution in [1.29, 1.82) is 0 Å². The molecule has 0 fully saturated rings. The van der Waals surface area contributed by atoms with Crippen LogP contribution in [0.15, 0.2) is 48.5 Å². The van der Waals surface area contributed by atoms with Gasteiger partial charge < -0.3 is 10.0 Å². The van der Waals surface area contributed by atoms with Crippen molar-refractivity contribution in [3.63, 3.8) is 0 Å². The van der Waals surface area contributed by atoms with Crippen molar-refractivity contribution in [1.82, 2.24) is 4.90 Å². The number of aliphatic carboxylic acids is 1. The Balaban J connectivity index is 2.01. The summed E-state index contributed by atoms with van der Waals surface area (Å²) in [5, 5.41) is 9.99. The lowest BCUT2D eigenvalue weighted by atomic mass is 10.1. The number of nitrogens with zero attached hydrogens (tertiary/aromatic N) is 1. The summed E-state index contributed by atoms with van der Waals surface area (Å²) in [7, 11) is 0. The lowest BCUT2D eigenvalue weighted by Crippen LogP contribution is -2.32. The molecular formula is C16H12ClNO3. The van der Waals surface area contributed by atoms with Crippen LogP contribution in [-0.4, -0.2) is 21.9 Å². The van der Waals surface area contributed by atoms with E-state index >= 15 is 0 Å². The summed E-state index contributed by atoms with van der Waals surface area (Å²) in [6, 6.07) is 12.9. The minimum absolute atomic E-state index is 0.171. The van der Waals surface area contributed by atoms with Gasteiger partial charge in [0.15, 0.2) is 6.04 Å². The molecule has 0 saturated carbocycles. The van der Waals surface area contributed by atoms with Gasteiger partial charge in [0.1, 0.15) is 0 Å². The molecule has 1 aliphatic rings. The summed E-state index contributed by atoms with van der Waals surface area (Å²) in [6.45, 7) is 0.171. The average molecular weight is 302 g/mol. The van der Waals surface area contributed by atoms with Crippen LogP contribution in [0.3, 0.4) is 0 Å². The van der Waals surface area contributed by atoms with Crippen molar-refractivity contribution in [3.8, 4) is 0 Å². The van der Waals surface area contributed by atoms with E-state index in [1.807, 2.05) is 6.07 Å². The molecule has 1 unspecified atom stereocenters. The molecule has 0 aliphatic carbocycles. The minimum Gasteiger partial charge on any atom is -0.479 e. The Kier molecular flexibility index (Phi) is 3.39. The van der Waals surface area contributed by atoms with Gasteiger partial charge in [0.25, 0.3) is 5.91 Å². The number of hydrogen-bond donors (Lipinski definition) is 1. The maximum Gasteiger partial charge on any atom is 0.331 e. The van der Waals surface area contributed by atoms with Gasteiger partial charge in [-0.25, -0.2) is 4.79 Å². The molecule has 3 rings (SSSR count). The Morgan fingerprint density at radius 1 is 1.14 bits per heavy atom. The highest BCUT2D eigenvalue weighted by molar-refractivity contribution is 6.31. The van der Waals surface area contributed by atoms with Crippen molar-refractivity contribution < 1.29 is 14.7 Å². The van der Waals surface area contributed by atoms with E-state index in [1.165, 1.54) is 4.90 Å². The van der Waals surface area contributed by atoms with Gasteiger partial charge in [-0.15, -0.1) is 0 Å². The normalized spacial score (nSPS) is 16.9. The molecule has 0 bridgehead atoms. The van der Waals surface area contributed by atoms with Crippen LogP contribution in [0.1, 0.15) is 27.5 Å². The molecule has 106 valence electrons. The van der Waals surface area contributed by atoms with E-state index in [9.17, 15) is 14.7 Å². The monoisotopic (exact) mass is 301 g/mol. The van der Waals surface area contributed by atoms with E-state index < -0.39 is 12.0 Å². The van der Waals surface area contributed by atoms with E-state index in [2.05, 4.69) is 0 Å². The molecule has 0 radical (unpaired) electrons. The number of hydrogen-bond acceptors (Lipinski definition) is 2. The molecule has 4 nitrogen and oxygen atoms in total. The maximum atomic E-state index is 12.4. The third kappa shape index (κ3) is 2.28. The first kappa shape index (κ1) is 13.6. The van der Waals surface area contributed by atoms with E-state index in [1.54, 1.807) is 42.5 Å². The van der Waals surface area contributed by atoms with E-state index in [0.717, 1.165) is 5.56 Å². The van der Waals surface area contributed by atoms with Crippen LogP contribution >= 0.6 is 11.6 Å². The molecule has 1 amide bonds. The Bertz CT molecular complexity index is 729. The third-order valence-electron chi connectivity index (χ3n) is 3.59. The first-order chi connectivity index (χ1) is 10.1. The fraction of sp³-hybridized carbons (Fsp3) is 0.125. The van der Waals surface area contributed by atoms with Crippen LogP contribution in [0.5, 0.6) is 0 Å². The predicted molar refractivity (Wildman–Crippen MR) is 78.1 cm³/mol. The molecule has 0 saturated heterocycles. The highest BCUT2D eigenvalue weighted by Crippen LogP contribution is 2.35. The number of amides is 1. The fourth-order valence-corrected chi connectivity index (χ4v) is 2.81. The van der Waals surface area contributed by atoms with Gasteiger partial charge in [-0.2, -0.15) is 0 Å². The van der Waals surface area contributed by atoms with E-state index in [-0.39, 0.29) is 12.5 Å². The summed E-state index contributed by atoms with van der Waals surface area (Å²) in [4.78, 5) is 25.4. The molecule has 1 aliphatic heterocycles. The van der Waals surface area contributed by atoms with Crippen LogP contribution in [0.25, 0.3) is 0 Å². The zero-order valence-electron chi connectivity index (χ0n) is 11.0. The highest BCUT2D eigenvalue weighted by atomic mass is 35.5. The SMILES string of the molecule is O=C(O)C1c2ccccc2C(=O)N1Cc1ccccc1Cl. The van der Waals surface area contributed by atoms with Crippen molar-refractivity contribution in [2.45, 2.75) is 12.6 Å². The molecule has 1 atom stereocenters. The molecular weight excluding hydrogens is 290 g/mol. The Hall–Kier alpha value is -2.33. The summed E-state index contributed by atoms with van der Waals surface area (Å²) in [6.07, 6.45) is 0. The average Bonchev–Trinajstić information content (AvgIpc) is 2.75. The van der Waals surface area contributed by atoms with Gasteiger partial charge in [-0.1, -0.05) is 48.0 Å². The van der Waals surface area contributed by atoms with Gasteiger partial charge in [0, 0.05) is 17.1 Å². The second-order valence-electron chi connectivity index (χ2n) is 4.85. The fourth-order valence-electron chi connectivity index (χ4n) is 2.61. The van der Waals surface area contributed by atoms with Crippen molar-refractivity contribution in [3.05, 3.63) is 70.2 Å². The van der Waals surface area contributed by atoms with Gasteiger partial charge in [-0.3, -0.25) is 4.79 Å². The van der Waals surface area contributed by atoms with Crippen LogP contribution in [0, 0.1) is 0 Å². The number of fused-ring (bicyclic) bond motifs is 1. The van der Waals surface area contributed by atoms with Crippen molar-refractivity contribution in [2.24, 2.45) is 0 Å². The number of carbonyl (C=O) groups excluding carboxylic acids is 1. The van der Waals surface area contributed by atoms with E-state index in [0.29, 0.717) is 16.1 Å². The molecule has 2 aromatic rings. The molecule has 1 heterocycles. The highest BCUT2D eigenvalue weighted by Gasteiger charge is 2.40. The van der Waals surface area contributed by atoms with Crippen molar-refractivity contribution in [2.75, 3.05) is 0 Å². The molecule has 0 aromatic heterocycles. The maximum absolute atomic E-state index is 12.4. The van der Waals surface area contributed by atoms with Crippen LogP contribution in [-0.2, 0) is 11.3 Å². The lowest BCUT2D eigenvalue weighted by Gasteiger charge is -2.22. The largest absolute Gasteiger partial charge is 0.479 e. The number of carbonyl (C=O) groups is 2. The number of carboxylic acid groups (broad SMARTS) is 1. The Labute approximate surface area is 126 Å². The molecule has 5 heteroatoms. The number of halogens is 1. The Morgan fingerprint density at radius 3 is 2.52 bits per heavy atom. The van der Waals surface area contributed by atoms with Gasteiger partial charge in [-0.05, 0) is 23.3 Å². The molecule has 1 N–H and O–H groups in total. The minimum atomic E-state index is -1.04.